The molecule has 0 atom stereocenters. The third kappa shape index (κ3) is 2.21. The zero-order valence-corrected chi connectivity index (χ0v) is 12.4. The molecule has 0 saturated carbocycles. The van der Waals surface area contributed by atoms with Crippen molar-refractivity contribution < 1.29 is 19.7 Å². The highest BCUT2D eigenvalue weighted by Crippen LogP contribution is 2.32. The van der Waals surface area contributed by atoms with E-state index in [0.717, 1.165) is 10.9 Å². The molecule has 0 radical (unpaired) electrons. The molecule has 4 aromatic rings. The quantitative estimate of drug-likeness (QED) is 0.389. The number of H-pyrrole nitrogens is 1. The van der Waals surface area contributed by atoms with Gasteiger partial charge in [0, 0.05) is 22.5 Å². The maximum Gasteiger partial charge on any atom is 0.362 e. The third-order valence-corrected chi connectivity index (χ3v) is 3.78. The van der Waals surface area contributed by atoms with Crippen molar-refractivity contribution in [3.05, 3.63) is 60.4 Å². The molecule has 0 aliphatic carbocycles. The number of fused-ring (bicyclic) bond motifs is 2. The average molecular weight is 320 g/mol. The predicted octanol–water partition coefficient (Wildman–Crippen LogP) is 3.35. The highest BCUT2D eigenvalue weighted by Gasteiger charge is 2.15. The Hall–Kier alpha value is -3.54. The number of phenols is 2. The number of phenolic OH excluding ortho intramolecular Hbond substituents is 2. The van der Waals surface area contributed by atoms with Crippen LogP contribution in [0, 0.1) is 0 Å². The molecule has 0 amide bonds. The van der Waals surface area contributed by atoms with Crippen LogP contribution in [0.4, 0.5) is 0 Å². The number of nitrogens with zero attached hydrogens (tertiary/aromatic N) is 1. The Bertz CT molecular complexity index is 1080. The first-order valence-electron chi connectivity index (χ1n) is 7.23. The van der Waals surface area contributed by atoms with E-state index in [4.69, 9.17) is 4.74 Å². The molecule has 0 bridgehead atoms. The second-order valence-electron chi connectivity index (χ2n) is 5.28. The van der Waals surface area contributed by atoms with Crippen molar-refractivity contribution in [1.82, 2.24) is 9.97 Å². The van der Waals surface area contributed by atoms with Gasteiger partial charge in [-0.2, -0.15) is 0 Å². The number of aromatic amines is 1. The number of aromatic hydroxyl groups is 2. The molecule has 6 heteroatoms. The van der Waals surface area contributed by atoms with Gasteiger partial charge in [0.25, 0.3) is 0 Å². The van der Waals surface area contributed by atoms with E-state index in [2.05, 4.69) is 9.97 Å². The molecule has 2 aromatic carbocycles. The summed E-state index contributed by atoms with van der Waals surface area (Å²) in [6.07, 6.45) is 1.62. The first-order valence-corrected chi connectivity index (χ1v) is 7.23. The SMILES string of the molecule is O=C(Oc1c[nH]c2ccccc12)c1ccc2c(O)c(O)ccc2n1. The van der Waals surface area contributed by atoms with Crippen LogP contribution in [0.1, 0.15) is 10.5 Å². The fraction of sp³-hybridized carbons (Fsp3) is 0. The summed E-state index contributed by atoms with van der Waals surface area (Å²) in [4.78, 5) is 19.6. The van der Waals surface area contributed by atoms with Gasteiger partial charge < -0.3 is 19.9 Å². The van der Waals surface area contributed by atoms with Crippen molar-refractivity contribution in [3.63, 3.8) is 0 Å². The van der Waals surface area contributed by atoms with Gasteiger partial charge in [-0.1, -0.05) is 12.1 Å². The van der Waals surface area contributed by atoms with E-state index >= 15 is 0 Å². The molecule has 24 heavy (non-hydrogen) atoms. The Morgan fingerprint density at radius 3 is 2.71 bits per heavy atom. The lowest BCUT2D eigenvalue weighted by Gasteiger charge is -2.06. The number of carbonyl (C=O) groups excluding carboxylic acids is 1. The molecule has 0 fully saturated rings. The smallest absolute Gasteiger partial charge is 0.362 e. The monoisotopic (exact) mass is 320 g/mol. The number of hydrogen-bond donors (Lipinski definition) is 3. The van der Waals surface area contributed by atoms with Gasteiger partial charge in [0.15, 0.2) is 17.2 Å². The largest absolute Gasteiger partial charge is 0.504 e. The van der Waals surface area contributed by atoms with Crippen LogP contribution in [0.2, 0.25) is 0 Å². The summed E-state index contributed by atoms with van der Waals surface area (Å²) in [5.41, 5.74) is 1.36. The van der Waals surface area contributed by atoms with Gasteiger partial charge in [-0.15, -0.1) is 0 Å². The number of hydrogen-bond acceptors (Lipinski definition) is 5. The molecule has 0 aliphatic rings. The molecule has 4 rings (SSSR count). The Labute approximate surface area is 136 Å². The van der Waals surface area contributed by atoms with Crippen LogP contribution in [0.15, 0.2) is 54.7 Å². The highest BCUT2D eigenvalue weighted by atomic mass is 16.5. The van der Waals surface area contributed by atoms with Gasteiger partial charge in [-0.25, -0.2) is 9.78 Å². The topological polar surface area (TPSA) is 95.4 Å². The summed E-state index contributed by atoms with van der Waals surface area (Å²) in [6.45, 7) is 0. The van der Waals surface area contributed by atoms with E-state index in [1.807, 2.05) is 24.3 Å². The second-order valence-corrected chi connectivity index (χ2v) is 5.28. The molecule has 6 nitrogen and oxygen atoms in total. The molecule has 3 N–H and O–H groups in total. The van der Waals surface area contributed by atoms with Crippen LogP contribution < -0.4 is 4.74 Å². The molecule has 0 spiro atoms. The standard InChI is InChI=1S/C18H12N2O4/c21-15-8-7-13-11(17(15)22)5-6-14(20-13)18(23)24-16-9-19-12-4-2-1-3-10(12)16/h1-9,19,21-22H. The van der Waals surface area contributed by atoms with Crippen molar-refractivity contribution in [2.24, 2.45) is 0 Å². The Morgan fingerprint density at radius 1 is 1.00 bits per heavy atom. The van der Waals surface area contributed by atoms with Crippen LogP contribution in [-0.4, -0.2) is 26.2 Å². The normalized spacial score (nSPS) is 11.0. The first-order chi connectivity index (χ1) is 11.6. The van der Waals surface area contributed by atoms with E-state index in [-0.39, 0.29) is 17.2 Å². The molecule has 0 unspecified atom stereocenters. The lowest BCUT2D eigenvalue weighted by Crippen LogP contribution is -2.10. The van der Waals surface area contributed by atoms with Crippen molar-refractivity contribution in [1.29, 1.82) is 0 Å². The Morgan fingerprint density at radius 2 is 1.83 bits per heavy atom. The minimum absolute atomic E-state index is 0.109. The summed E-state index contributed by atoms with van der Waals surface area (Å²) >= 11 is 0. The number of benzene rings is 2. The van der Waals surface area contributed by atoms with Crippen LogP contribution >= 0.6 is 0 Å². The van der Waals surface area contributed by atoms with Crippen molar-refractivity contribution >= 4 is 27.8 Å². The van der Waals surface area contributed by atoms with E-state index in [0.29, 0.717) is 16.7 Å². The first kappa shape index (κ1) is 14.1. The molecule has 118 valence electrons. The van der Waals surface area contributed by atoms with Crippen molar-refractivity contribution in [2.75, 3.05) is 0 Å². The van der Waals surface area contributed by atoms with Crippen LogP contribution in [-0.2, 0) is 0 Å². The zero-order chi connectivity index (χ0) is 16.7. The molecular weight excluding hydrogens is 308 g/mol. The molecule has 2 aromatic heterocycles. The van der Waals surface area contributed by atoms with Gasteiger partial charge in [0.05, 0.1) is 5.52 Å². The van der Waals surface area contributed by atoms with E-state index in [1.54, 1.807) is 6.20 Å². The number of aromatic nitrogens is 2. The summed E-state index contributed by atoms with van der Waals surface area (Å²) in [5, 5.41) is 20.5. The number of pyridine rings is 1. The maximum atomic E-state index is 12.3. The lowest BCUT2D eigenvalue weighted by molar-refractivity contribution is 0.0731. The number of rotatable bonds is 2. The average Bonchev–Trinajstić information content (AvgIpc) is 3.01. The fourth-order valence-electron chi connectivity index (χ4n) is 2.57. The van der Waals surface area contributed by atoms with Gasteiger partial charge in [-0.3, -0.25) is 0 Å². The number of nitrogens with one attached hydrogen (secondary N) is 1. The van der Waals surface area contributed by atoms with E-state index in [9.17, 15) is 15.0 Å². The lowest BCUT2D eigenvalue weighted by atomic mass is 10.1. The number of ether oxygens (including phenoxy) is 1. The second kappa shape index (κ2) is 5.27. The Balaban J connectivity index is 1.69. The van der Waals surface area contributed by atoms with Gasteiger partial charge in [0.2, 0.25) is 0 Å². The van der Waals surface area contributed by atoms with E-state index < -0.39 is 5.97 Å². The summed E-state index contributed by atoms with van der Waals surface area (Å²) < 4.78 is 5.41. The highest BCUT2D eigenvalue weighted by molar-refractivity contribution is 5.96. The van der Waals surface area contributed by atoms with Gasteiger partial charge in [0.1, 0.15) is 5.69 Å². The molecule has 0 aliphatic heterocycles. The molecule has 0 saturated heterocycles. The zero-order valence-electron chi connectivity index (χ0n) is 12.4. The van der Waals surface area contributed by atoms with Crippen molar-refractivity contribution in [3.8, 4) is 17.2 Å². The third-order valence-electron chi connectivity index (χ3n) is 3.78. The maximum absolute atomic E-state index is 12.3. The summed E-state index contributed by atoms with van der Waals surface area (Å²) in [7, 11) is 0. The predicted molar refractivity (Wildman–Crippen MR) is 88.3 cm³/mol. The van der Waals surface area contributed by atoms with Crippen molar-refractivity contribution in [2.45, 2.75) is 0 Å². The molecule has 2 heterocycles. The summed E-state index contributed by atoms with van der Waals surface area (Å²) in [5.74, 6) is -0.685. The van der Waals surface area contributed by atoms with Crippen LogP contribution in [0.3, 0.4) is 0 Å². The number of para-hydroxylation sites is 1. The Kier molecular flexibility index (Phi) is 3.09. The van der Waals surface area contributed by atoms with Gasteiger partial charge >= 0.3 is 5.97 Å². The minimum atomic E-state index is -0.603. The van der Waals surface area contributed by atoms with E-state index in [1.165, 1.54) is 24.3 Å². The number of carbonyl (C=O) groups is 1. The molecular formula is C18H12N2O4. The fourth-order valence-corrected chi connectivity index (χ4v) is 2.57. The number of esters is 1. The van der Waals surface area contributed by atoms with Gasteiger partial charge in [-0.05, 0) is 36.4 Å². The van der Waals surface area contributed by atoms with Crippen LogP contribution in [0.25, 0.3) is 21.8 Å². The summed E-state index contributed by atoms with van der Waals surface area (Å²) in [6, 6.07) is 13.3. The minimum Gasteiger partial charge on any atom is -0.504 e. The van der Waals surface area contributed by atoms with Crippen LogP contribution in [0.5, 0.6) is 17.2 Å².